The largest absolute Gasteiger partial charge is 0.394 e. The molecule has 2 aromatic heterocycles. The highest BCUT2D eigenvalue weighted by atomic mass is 19.1. The predicted molar refractivity (Wildman–Crippen MR) is 68.6 cm³/mol. The quantitative estimate of drug-likeness (QED) is 0.511. The molecule has 1 fully saturated rings. The van der Waals surface area contributed by atoms with Gasteiger partial charge in [-0.25, -0.2) is 13.9 Å². The van der Waals surface area contributed by atoms with E-state index in [1.165, 1.54) is 0 Å². The molecule has 116 valence electrons. The molecule has 2 aromatic rings. The van der Waals surface area contributed by atoms with Gasteiger partial charge in [0.25, 0.3) is 0 Å². The van der Waals surface area contributed by atoms with E-state index in [2.05, 4.69) is 10.1 Å². The summed E-state index contributed by atoms with van der Waals surface area (Å²) in [5, 5.41) is 42.9. The molecule has 0 aliphatic carbocycles. The average molecular weight is 311 g/mol. The summed E-state index contributed by atoms with van der Waals surface area (Å²) >= 11 is 0. The minimum absolute atomic E-state index is 0.232. The molecule has 9 nitrogen and oxygen atoms in total. The average Bonchev–Trinajstić information content (AvgIpc) is 2.97. The van der Waals surface area contributed by atoms with Crippen LogP contribution < -0.4 is 5.73 Å². The predicted octanol–water partition coefficient (Wildman–Crippen LogP) is -1.72. The van der Waals surface area contributed by atoms with E-state index in [4.69, 9.17) is 13.2 Å². The van der Waals surface area contributed by atoms with Crippen LogP contribution in [0.3, 0.4) is 0 Å². The number of nitriles is 1. The van der Waals surface area contributed by atoms with Crippen molar-refractivity contribution in [1.29, 1.82) is 5.26 Å². The normalized spacial score (nSPS) is 33.5. The smallest absolute Gasteiger partial charge is 0.225 e. The van der Waals surface area contributed by atoms with Gasteiger partial charge in [-0.05, 0) is 0 Å². The number of aliphatic hydroxyl groups is 3. The fourth-order valence-electron chi connectivity index (χ4n) is 2.50. The SMILES string of the molecule is [2H]C([2H])(O)[C@H]1O[C@@](C#N)(c2cc(F)c3c(N)ncnn23)[C@H](O)[C@@H]1O. The minimum atomic E-state index is -3.06. The molecule has 0 spiro atoms. The van der Waals surface area contributed by atoms with Crippen molar-refractivity contribution in [3.8, 4) is 6.07 Å². The third-order valence-electron chi connectivity index (χ3n) is 3.57. The molecule has 3 rings (SSSR count). The molecule has 0 aromatic carbocycles. The zero-order chi connectivity index (χ0) is 17.9. The van der Waals surface area contributed by atoms with Gasteiger partial charge in [0, 0.05) is 6.07 Å². The molecular weight excluding hydrogens is 297 g/mol. The Balaban J connectivity index is 2.24. The van der Waals surface area contributed by atoms with Gasteiger partial charge >= 0.3 is 0 Å². The second-order valence-electron chi connectivity index (χ2n) is 4.73. The van der Waals surface area contributed by atoms with Gasteiger partial charge in [-0.1, -0.05) is 0 Å². The van der Waals surface area contributed by atoms with Crippen molar-refractivity contribution < 1.29 is 27.2 Å². The lowest BCUT2D eigenvalue weighted by Crippen LogP contribution is -2.40. The maximum atomic E-state index is 14.2. The molecule has 0 radical (unpaired) electrons. The van der Waals surface area contributed by atoms with E-state index >= 15 is 0 Å². The first-order valence-corrected chi connectivity index (χ1v) is 6.09. The molecule has 1 aliphatic heterocycles. The second kappa shape index (κ2) is 4.85. The standard InChI is InChI=1S/C12H12FN5O4/c13-5-1-7(18-8(5)11(15)16-4-17-18)12(3-14)10(21)9(20)6(2-19)22-12/h1,4,6,9-10,19-21H,2H2,(H2,15,16,17)/t6-,9-,10-,12+/m1/s1/i2D2. The van der Waals surface area contributed by atoms with E-state index in [1.807, 2.05) is 0 Å². The van der Waals surface area contributed by atoms with E-state index in [1.54, 1.807) is 6.07 Å². The van der Waals surface area contributed by atoms with Crippen LogP contribution in [0, 0.1) is 17.1 Å². The molecule has 3 heterocycles. The number of rotatable bonds is 2. The Kier molecular flexibility index (Phi) is 2.70. The number of nitrogens with two attached hydrogens (primary N) is 1. The number of hydrogen-bond acceptors (Lipinski definition) is 8. The summed E-state index contributed by atoms with van der Waals surface area (Å²) < 4.78 is 34.7. The van der Waals surface area contributed by atoms with Gasteiger partial charge in [0.05, 0.1) is 15.0 Å². The number of nitrogens with zero attached hydrogens (tertiary/aromatic N) is 4. The first-order valence-electron chi connectivity index (χ1n) is 7.09. The van der Waals surface area contributed by atoms with Gasteiger partial charge in [-0.2, -0.15) is 10.4 Å². The molecule has 22 heavy (non-hydrogen) atoms. The van der Waals surface area contributed by atoms with Gasteiger partial charge in [0.15, 0.2) is 11.6 Å². The number of anilines is 1. The van der Waals surface area contributed by atoms with Gasteiger partial charge < -0.3 is 25.8 Å². The lowest BCUT2D eigenvalue weighted by molar-refractivity contribution is -0.0643. The lowest BCUT2D eigenvalue weighted by atomic mass is 9.92. The van der Waals surface area contributed by atoms with Crippen LogP contribution in [0.4, 0.5) is 10.2 Å². The number of halogens is 1. The minimum Gasteiger partial charge on any atom is -0.394 e. The second-order valence-corrected chi connectivity index (χ2v) is 4.73. The van der Waals surface area contributed by atoms with Crippen LogP contribution in [0.5, 0.6) is 0 Å². The Bertz CT molecular complexity index is 850. The lowest BCUT2D eigenvalue weighted by Gasteiger charge is -2.23. The van der Waals surface area contributed by atoms with Crippen LogP contribution in [-0.2, 0) is 10.3 Å². The molecular formula is C12H12FN5O4. The van der Waals surface area contributed by atoms with E-state index in [9.17, 15) is 25.0 Å². The van der Waals surface area contributed by atoms with Gasteiger partial charge in [0.1, 0.15) is 36.2 Å². The summed E-state index contributed by atoms with van der Waals surface area (Å²) in [6.07, 6.45) is -4.89. The highest BCUT2D eigenvalue weighted by Gasteiger charge is 2.57. The van der Waals surface area contributed by atoms with Crippen molar-refractivity contribution in [1.82, 2.24) is 14.6 Å². The fourth-order valence-corrected chi connectivity index (χ4v) is 2.50. The Morgan fingerprint density at radius 2 is 2.36 bits per heavy atom. The number of aliphatic hydroxyl groups excluding tert-OH is 2. The van der Waals surface area contributed by atoms with Crippen LogP contribution in [0.25, 0.3) is 5.52 Å². The summed E-state index contributed by atoms with van der Waals surface area (Å²) in [6.45, 7) is -3.06. The van der Waals surface area contributed by atoms with E-state index < -0.39 is 36.3 Å². The first kappa shape index (κ1) is 12.2. The maximum Gasteiger partial charge on any atom is 0.225 e. The summed E-state index contributed by atoms with van der Waals surface area (Å²) in [6, 6.07) is 2.42. The number of nitrogen functional groups attached to an aromatic ring is 1. The van der Waals surface area contributed by atoms with Crippen LogP contribution in [0.15, 0.2) is 12.4 Å². The topological polar surface area (TPSA) is 150 Å². The van der Waals surface area contributed by atoms with E-state index in [0.717, 1.165) is 16.9 Å². The molecule has 0 saturated carbocycles. The first-order chi connectivity index (χ1) is 11.1. The van der Waals surface area contributed by atoms with Gasteiger partial charge in [0.2, 0.25) is 5.60 Å². The van der Waals surface area contributed by atoms with E-state index in [-0.39, 0.29) is 17.0 Å². The third-order valence-corrected chi connectivity index (χ3v) is 3.57. The van der Waals surface area contributed by atoms with E-state index in [0.29, 0.717) is 0 Å². The Labute approximate surface area is 125 Å². The number of aromatic nitrogens is 3. The van der Waals surface area contributed by atoms with Crippen molar-refractivity contribution in [2.45, 2.75) is 23.9 Å². The van der Waals surface area contributed by atoms with Gasteiger partial charge in [-0.3, -0.25) is 0 Å². The highest BCUT2D eigenvalue weighted by Crippen LogP contribution is 2.40. The molecule has 0 unspecified atom stereocenters. The number of fused-ring (bicyclic) bond motifs is 1. The molecule has 1 aliphatic rings. The molecule has 0 amide bonds. The summed E-state index contributed by atoms with van der Waals surface area (Å²) in [5.74, 6) is -1.14. The van der Waals surface area contributed by atoms with Crippen molar-refractivity contribution in [3.63, 3.8) is 0 Å². The zero-order valence-electron chi connectivity index (χ0n) is 12.9. The van der Waals surface area contributed by atoms with Gasteiger partial charge in [-0.15, -0.1) is 0 Å². The van der Waals surface area contributed by atoms with Crippen LogP contribution >= 0.6 is 0 Å². The molecule has 1 saturated heterocycles. The van der Waals surface area contributed by atoms with Crippen molar-refractivity contribution in [3.05, 3.63) is 23.9 Å². The zero-order valence-corrected chi connectivity index (χ0v) is 10.9. The summed E-state index contributed by atoms with van der Waals surface area (Å²) in [5.41, 5.74) is 2.58. The van der Waals surface area contributed by atoms with Crippen LogP contribution in [-0.4, -0.2) is 54.8 Å². The maximum absolute atomic E-state index is 14.2. The molecule has 10 heteroatoms. The monoisotopic (exact) mass is 311 g/mol. The van der Waals surface area contributed by atoms with Crippen LogP contribution in [0.1, 0.15) is 8.44 Å². The Hall–Kier alpha value is -2.32. The highest BCUT2D eigenvalue weighted by molar-refractivity contribution is 5.67. The van der Waals surface area contributed by atoms with Crippen LogP contribution in [0.2, 0.25) is 0 Å². The third kappa shape index (κ3) is 1.71. The summed E-state index contributed by atoms with van der Waals surface area (Å²) in [7, 11) is 0. The molecule has 4 atom stereocenters. The van der Waals surface area contributed by atoms with Crippen molar-refractivity contribution in [2.24, 2.45) is 0 Å². The molecule has 0 bridgehead atoms. The number of ether oxygens (including phenoxy) is 1. The Morgan fingerprint density at radius 1 is 1.64 bits per heavy atom. The van der Waals surface area contributed by atoms with Crippen molar-refractivity contribution in [2.75, 3.05) is 12.3 Å². The summed E-state index contributed by atoms with van der Waals surface area (Å²) in [4.78, 5) is 3.62. The fraction of sp³-hybridized carbons (Fsp3) is 0.417. The van der Waals surface area contributed by atoms with Crippen molar-refractivity contribution >= 4 is 11.3 Å². The Morgan fingerprint density at radius 3 is 2.95 bits per heavy atom. The number of hydrogen-bond donors (Lipinski definition) is 4. The molecule has 5 N–H and O–H groups in total.